The van der Waals surface area contributed by atoms with Crippen LogP contribution in [0.1, 0.15) is 36.5 Å². The summed E-state index contributed by atoms with van der Waals surface area (Å²) in [4.78, 5) is 14.7. The first-order chi connectivity index (χ1) is 9.79. The van der Waals surface area contributed by atoms with Crippen molar-refractivity contribution in [3.63, 3.8) is 0 Å². The van der Waals surface area contributed by atoms with Crippen molar-refractivity contribution in [3.8, 4) is 0 Å². The van der Waals surface area contributed by atoms with Gasteiger partial charge < -0.3 is 15.5 Å². The van der Waals surface area contributed by atoms with Crippen LogP contribution in [-0.2, 0) is 0 Å². The third kappa shape index (κ3) is 2.47. The molecule has 0 aromatic heterocycles. The zero-order chi connectivity index (χ0) is 13.9. The van der Waals surface area contributed by atoms with Crippen LogP contribution in [0.2, 0.25) is 0 Å². The van der Waals surface area contributed by atoms with Gasteiger partial charge in [-0.3, -0.25) is 4.79 Å². The zero-order valence-corrected chi connectivity index (χ0v) is 12.1. The summed E-state index contributed by atoms with van der Waals surface area (Å²) in [5, 5.41) is 6.70. The highest BCUT2D eigenvalue weighted by Crippen LogP contribution is 2.30. The van der Waals surface area contributed by atoms with Gasteiger partial charge in [-0.15, -0.1) is 0 Å². The number of nitrogens with zero attached hydrogens (tertiary/aromatic N) is 1. The average molecular weight is 273 g/mol. The van der Waals surface area contributed by atoms with E-state index in [0.29, 0.717) is 0 Å². The Morgan fingerprint density at radius 1 is 1.25 bits per heavy atom. The first kappa shape index (κ1) is 13.3. The van der Waals surface area contributed by atoms with Crippen molar-refractivity contribution in [2.75, 3.05) is 36.8 Å². The van der Waals surface area contributed by atoms with Gasteiger partial charge in [-0.25, -0.2) is 0 Å². The number of hydrogen-bond acceptors (Lipinski definition) is 3. The Kier molecular flexibility index (Phi) is 3.81. The van der Waals surface area contributed by atoms with Gasteiger partial charge in [-0.05, 0) is 30.9 Å². The molecule has 0 unspecified atom stereocenters. The summed E-state index contributed by atoms with van der Waals surface area (Å²) >= 11 is 0. The molecule has 1 amide bonds. The summed E-state index contributed by atoms with van der Waals surface area (Å²) < 4.78 is 0. The molecular weight excluding hydrogens is 250 g/mol. The molecule has 2 heterocycles. The van der Waals surface area contributed by atoms with E-state index >= 15 is 0 Å². The van der Waals surface area contributed by atoms with Gasteiger partial charge in [-0.1, -0.05) is 19.4 Å². The Labute approximate surface area is 120 Å². The highest BCUT2D eigenvalue weighted by Gasteiger charge is 2.25. The lowest BCUT2D eigenvalue weighted by molar-refractivity contribution is 0.0690. The molecule has 0 atom stereocenters. The molecule has 4 nitrogen and oxygen atoms in total. The predicted octanol–water partition coefficient (Wildman–Crippen LogP) is 2.79. The Morgan fingerprint density at radius 2 is 2.00 bits per heavy atom. The fourth-order valence-corrected chi connectivity index (χ4v) is 3.17. The predicted molar refractivity (Wildman–Crippen MR) is 82.3 cm³/mol. The maximum Gasteiger partial charge on any atom is 0.256 e. The molecule has 2 aliphatic rings. The molecule has 20 heavy (non-hydrogen) atoms. The van der Waals surface area contributed by atoms with Gasteiger partial charge in [0.15, 0.2) is 0 Å². The molecule has 4 heteroatoms. The molecule has 0 spiro atoms. The topological polar surface area (TPSA) is 44.4 Å². The number of carbonyl (C=O) groups excluding carboxylic acids is 1. The number of rotatable bonds is 2. The van der Waals surface area contributed by atoms with Crippen LogP contribution < -0.4 is 10.6 Å². The van der Waals surface area contributed by atoms with Crippen molar-refractivity contribution in [2.24, 2.45) is 5.92 Å². The molecule has 1 aromatic carbocycles. The Bertz CT molecular complexity index is 492. The number of nitrogens with one attached hydrogen (secondary N) is 2. The van der Waals surface area contributed by atoms with Gasteiger partial charge in [0, 0.05) is 26.2 Å². The van der Waals surface area contributed by atoms with Crippen molar-refractivity contribution in [2.45, 2.75) is 26.2 Å². The lowest BCUT2D eigenvalue weighted by atomic mass is 9.94. The highest BCUT2D eigenvalue weighted by atomic mass is 16.2. The van der Waals surface area contributed by atoms with E-state index in [1.807, 2.05) is 23.1 Å². The number of hydrogen-bond donors (Lipinski definition) is 2. The minimum Gasteiger partial charge on any atom is -0.382 e. The van der Waals surface area contributed by atoms with E-state index in [1.54, 1.807) is 0 Å². The third-order valence-corrected chi connectivity index (χ3v) is 4.52. The van der Waals surface area contributed by atoms with Crippen molar-refractivity contribution in [3.05, 3.63) is 23.8 Å². The van der Waals surface area contributed by atoms with Gasteiger partial charge >= 0.3 is 0 Å². The van der Waals surface area contributed by atoms with E-state index in [9.17, 15) is 4.79 Å². The van der Waals surface area contributed by atoms with Gasteiger partial charge in [0.25, 0.3) is 5.91 Å². The molecule has 2 N–H and O–H groups in total. The quantitative estimate of drug-likeness (QED) is 0.871. The summed E-state index contributed by atoms with van der Waals surface area (Å²) in [6.45, 7) is 5.82. The number of likely N-dealkylation sites (tertiary alicyclic amines) is 1. The summed E-state index contributed by atoms with van der Waals surface area (Å²) in [5.74, 6) is 0.969. The molecule has 0 saturated carbocycles. The minimum atomic E-state index is 0.174. The number of carbonyl (C=O) groups is 1. The molecule has 0 radical (unpaired) electrons. The van der Waals surface area contributed by atoms with Crippen LogP contribution in [0.3, 0.4) is 0 Å². The molecule has 1 fully saturated rings. The summed E-state index contributed by atoms with van der Waals surface area (Å²) in [5.41, 5.74) is 2.83. The Hall–Kier alpha value is -1.71. The van der Waals surface area contributed by atoms with Gasteiger partial charge in [-0.2, -0.15) is 0 Å². The van der Waals surface area contributed by atoms with Gasteiger partial charge in [0.05, 0.1) is 16.9 Å². The number of fused-ring (bicyclic) bond motifs is 1. The van der Waals surface area contributed by atoms with Crippen molar-refractivity contribution in [1.29, 1.82) is 0 Å². The summed E-state index contributed by atoms with van der Waals surface area (Å²) in [6.07, 6.45) is 3.51. The molecule has 2 aliphatic heterocycles. The van der Waals surface area contributed by atoms with Crippen LogP contribution in [0.15, 0.2) is 18.2 Å². The maximum atomic E-state index is 12.7. The number of para-hydroxylation sites is 1. The molecule has 3 rings (SSSR count). The zero-order valence-electron chi connectivity index (χ0n) is 12.1. The molecule has 1 saturated heterocycles. The number of anilines is 2. The van der Waals surface area contributed by atoms with Gasteiger partial charge in [0.2, 0.25) is 0 Å². The second-order valence-corrected chi connectivity index (χ2v) is 5.73. The van der Waals surface area contributed by atoms with Crippen LogP contribution in [0.5, 0.6) is 0 Å². The fraction of sp³-hybridized carbons (Fsp3) is 0.562. The second-order valence-electron chi connectivity index (χ2n) is 5.73. The summed E-state index contributed by atoms with van der Waals surface area (Å²) in [6, 6.07) is 5.93. The first-order valence-electron chi connectivity index (χ1n) is 7.69. The molecule has 1 aromatic rings. The van der Waals surface area contributed by atoms with E-state index in [-0.39, 0.29) is 5.91 Å². The van der Waals surface area contributed by atoms with E-state index < -0.39 is 0 Å². The second kappa shape index (κ2) is 5.73. The normalized spacial score (nSPS) is 18.9. The lowest BCUT2D eigenvalue weighted by Gasteiger charge is -2.32. The van der Waals surface area contributed by atoms with E-state index in [1.165, 1.54) is 6.42 Å². The van der Waals surface area contributed by atoms with Crippen molar-refractivity contribution >= 4 is 17.3 Å². The van der Waals surface area contributed by atoms with Crippen LogP contribution >= 0.6 is 0 Å². The first-order valence-corrected chi connectivity index (χ1v) is 7.69. The van der Waals surface area contributed by atoms with E-state index in [0.717, 1.165) is 61.9 Å². The van der Waals surface area contributed by atoms with Crippen molar-refractivity contribution in [1.82, 2.24) is 4.90 Å². The Balaban J connectivity index is 1.78. The molecule has 0 bridgehead atoms. The van der Waals surface area contributed by atoms with Crippen LogP contribution in [0.25, 0.3) is 0 Å². The largest absolute Gasteiger partial charge is 0.382 e. The fourth-order valence-electron chi connectivity index (χ4n) is 3.17. The molecule has 108 valence electrons. The van der Waals surface area contributed by atoms with Crippen LogP contribution in [0.4, 0.5) is 11.4 Å². The average Bonchev–Trinajstić information content (AvgIpc) is 2.54. The monoisotopic (exact) mass is 273 g/mol. The Morgan fingerprint density at radius 3 is 2.75 bits per heavy atom. The standard InChI is InChI=1S/C16H23N3O/c1-2-12-6-10-19(11-7-12)16(20)13-4-3-5-14-15(13)18-9-8-17-14/h3-5,12,17-18H,2,6-11H2,1H3. The van der Waals surface area contributed by atoms with Gasteiger partial charge in [0.1, 0.15) is 0 Å². The minimum absolute atomic E-state index is 0.174. The van der Waals surface area contributed by atoms with Crippen LogP contribution in [-0.4, -0.2) is 37.0 Å². The van der Waals surface area contributed by atoms with E-state index in [2.05, 4.69) is 17.6 Å². The molecular formula is C16H23N3O. The van der Waals surface area contributed by atoms with E-state index in [4.69, 9.17) is 0 Å². The number of benzene rings is 1. The smallest absolute Gasteiger partial charge is 0.256 e. The maximum absolute atomic E-state index is 12.7. The lowest BCUT2D eigenvalue weighted by Crippen LogP contribution is -2.39. The number of piperidine rings is 1. The summed E-state index contributed by atoms with van der Waals surface area (Å²) in [7, 11) is 0. The highest BCUT2D eigenvalue weighted by molar-refractivity contribution is 6.02. The number of amides is 1. The van der Waals surface area contributed by atoms with Crippen LogP contribution in [0, 0.1) is 5.92 Å². The SMILES string of the molecule is CCC1CCN(C(=O)c2cccc3c2NCCN3)CC1. The molecule has 0 aliphatic carbocycles. The van der Waals surface area contributed by atoms with Crippen molar-refractivity contribution < 1.29 is 4.79 Å². The third-order valence-electron chi connectivity index (χ3n) is 4.52.